The summed E-state index contributed by atoms with van der Waals surface area (Å²) >= 11 is 14.0. The lowest BCUT2D eigenvalue weighted by atomic mass is 10.1. The average molecular weight is 421 g/mol. The van der Waals surface area contributed by atoms with E-state index < -0.39 is 9.84 Å². The number of anilines is 1. The van der Waals surface area contributed by atoms with E-state index in [1.165, 1.54) is 11.8 Å². The molecule has 0 aromatic heterocycles. The molecule has 2 atom stereocenters. The van der Waals surface area contributed by atoms with Gasteiger partial charge in [-0.25, -0.2) is 8.42 Å². The van der Waals surface area contributed by atoms with Gasteiger partial charge >= 0.3 is 0 Å². The van der Waals surface area contributed by atoms with Crippen LogP contribution < -0.4 is 4.90 Å². The number of halogens is 2. The number of benzene rings is 1. The lowest BCUT2D eigenvalue weighted by Crippen LogP contribution is -2.38. The molecule has 2 aliphatic heterocycles. The van der Waals surface area contributed by atoms with Gasteiger partial charge in [0.2, 0.25) is 5.91 Å². The fourth-order valence-electron chi connectivity index (χ4n) is 3.05. The first kappa shape index (κ1) is 19.0. The molecule has 136 valence electrons. The Hall–Kier alpha value is -0.760. The summed E-state index contributed by atoms with van der Waals surface area (Å²) < 4.78 is 24.1. The summed E-state index contributed by atoms with van der Waals surface area (Å²) in [7, 11) is -3.13. The topological polar surface area (TPSA) is 66.8 Å². The van der Waals surface area contributed by atoms with Crippen molar-refractivity contribution in [1.29, 1.82) is 0 Å². The molecule has 2 saturated heterocycles. The quantitative estimate of drug-likeness (QED) is 0.746. The maximum atomic E-state index is 12.2. The van der Waals surface area contributed by atoms with Crippen molar-refractivity contribution in [3.63, 3.8) is 0 Å². The van der Waals surface area contributed by atoms with Crippen molar-refractivity contribution in [3.8, 4) is 0 Å². The van der Waals surface area contributed by atoms with Crippen LogP contribution >= 0.6 is 35.0 Å². The molecule has 0 N–H and O–H groups in total. The van der Waals surface area contributed by atoms with Crippen molar-refractivity contribution >= 4 is 61.6 Å². The monoisotopic (exact) mass is 420 g/mol. The average Bonchev–Trinajstić information content (AvgIpc) is 2.90. The first-order chi connectivity index (χ1) is 11.7. The molecule has 2 fully saturated rings. The van der Waals surface area contributed by atoms with Crippen LogP contribution in [-0.4, -0.2) is 42.3 Å². The highest BCUT2D eigenvalue weighted by Gasteiger charge is 2.50. The molecular weight excluding hydrogens is 403 g/mol. The van der Waals surface area contributed by atoms with Crippen molar-refractivity contribution in [1.82, 2.24) is 0 Å². The number of hydrogen-bond acceptors (Lipinski definition) is 4. The molecule has 5 nitrogen and oxygen atoms in total. The predicted octanol–water partition coefficient (Wildman–Crippen LogP) is 3.64. The summed E-state index contributed by atoms with van der Waals surface area (Å²) in [4.78, 5) is 18.2. The van der Waals surface area contributed by atoms with Crippen LogP contribution in [0.5, 0.6) is 0 Å². The summed E-state index contributed by atoms with van der Waals surface area (Å²) in [5.74, 6) is 0.0380. The third-order valence-electron chi connectivity index (χ3n) is 4.05. The Labute approximate surface area is 161 Å². The fourth-order valence-corrected chi connectivity index (χ4v) is 7.54. The second-order valence-electron chi connectivity index (χ2n) is 6.63. The zero-order chi connectivity index (χ0) is 18.4. The number of carbonyl (C=O) groups is 1. The summed E-state index contributed by atoms with van der Waals surface area (Å²) in [5, 5.41) is 1.11. The zero-order valence-corrected chi connectivity index (χ0v) is 16.9. The summed E-state index contributed by atoms with van der Waals surface area (Å²) in [6.07, 6.45) is 0.335. The van der Waals surface area contributed by atoms with Crippen molar-refractivity contribution in [2.75, 3.05) is 16.4 Å². The minimum atomic E-state index is -3.13. The molecule has 0 saturated carbocycles. The van der Waals surface area contributed by atoms with E-state index in [1.54, 1.807) is 23.1 Å². The van der Waals surface area contributed by atoms with Gasteiger partial charge in [-0.15, -0.1) is 0 Å². The van der Waals surface area contributed by atoms with Crippen molar-refractivity contribution < 1.29 is 13.2 Å². The zero-order valence-electron chi connectivity index (χ0n) is 13.8. The largest absolute Gasteiger partial charge is 0.313 e. The molecule has 0 spiro atoms. The fraction of sp³-hybridized carbons (Fsp3) is 0.500. The molecule has 2 aliphatic rings. The number of amidine groups is 1. The van der Waals surface area contributed by atoms with Crippen LogP contribution in [0.15, 0.2) is 23.2 Å². The molecule has 1 amide bonds. The molecular formula is C16H18Cl2N2O3S2. The number of carbonyl (C=O) groups excluding carboxylic acids is 1. The Morgan fingerprint density at radius 1 is 1.32 bits per heavy atom. The molecule has 3 rings (SSSR count). The molecule has 0 bridgehead atoms. The van der Waals surface area contributed by atoms with Crippen LogP contribution in [0.2, 0.25) is 10.0 Å². The van der Waals surface area contributed by atoms with Crippen molar-refractivity contribution in [2.24, 2.45) is 10.9 Å². The van der Waals surface area contributed by atoms with Gasteiger partial charge in [-0.05, 0) is 18.1 Å². The Bertz CT molecular complexity index is 820. The summed E-state index contributed by atoms with van der Waals surface area (Å²) in [5.41, 5.74) is 0.513. The maximum absolute atomic E-state index is 12.2. The van der Waals surface area contributed by atoms with Gasteiger partial charge in [0, 0.05) is 11.7 Å². The third kappa shape index (κ3) is 3.99. The van der Waals surface area contributed by atoms with E-state index in [0.29, 0.717) is 27.3 Å². The number of aliphatic imine (C=N–C) groups is 1. The molecule has 25 heavy (non-hydrogen) atoms. The number of thioether (sulfide) groups is 1. The molecule has 0 radical (unpaired) electrons. The van der Waals surface area contributed by atoms with Crippen molar-refractivity contribution in [3.05, 3.63) is 28.2 Å². The number of para-hydroxylation sites is 1. The van der Waals surface area contributed by atoms with Gasteiger partial charge in [-0.2, -0.15) is 4.99 Å². The number of hydrogen-bond donors (Lipinski definition) is 0. The number of amides is 1. The lowest BCUT2D eigenvalue weighted by Gasteiger charge is -2.26. The van der Waals surface area contributed by atoms with Gasteiger partial charge in [-0.3, -0.25) is 4.79 Å². The van der Waals surface area contributed by atoms with Crippen LogP contribution in [-0.2, 0) is 14.6 Å². The maximum Gasteiger partial charge on any atom is 0.248 e. The molecule has 9 heteroatoms. The van der Waals surface area contributed by atoms with Gasteiger partial charge in [0.15, 0.2) is 15.0 Å². The van der Waals surface area contributed by atoms with E-state index in [2.05, 4.69) is 4.99 Å². The van der Waals surface area contributed by atoms with Crippen LogP contribution in [0.25, 0.3) is 0 Å². The van der Waals surface area contributed by atoms with E-state index in [4.69, 9.17) is 23.2 Å². The van der Waals surface area contributed by atoms with Crippen LogP contribution in [0.1, 0.15) is 20.3 Å². The van der Waals surface area contributed by atoms with Crippen LogP contribution in [0.4, 0.5) is 5.69 Å². The van der Waals surface area contributed by atoms with E-state index >= 15 is 0 Å². The summed E-state index contributed by atoms with van der Waals surface area (Å²) in [6.45, 7) is 3.90. The third-order valence-corrected chi connectivity index (χ3v) is 7.87. The number of fused-ring (bicyclic) bond motifs is 1. The number of nitrogens with zero attached hydrogens (tertiary/aromatic N) is 2. The Balaban J connectivity index is 2.04. The first-order valence-electron chi connectivity index (χ1n) is 7.90. The Kier molecular flexibility index (Phi) is 5.40. The van der Waals surface area contributed by atoms with Crippen LogP contribution in [0, 0.1) is 5.92 Å². The minimum Gasteiger partial charge on any atom is -0.313 e. The smallest absolute Gasteiger partial charge is 0.248 e. The van der Waals surface area contributed by atoms with Gasteiger partial charge in [0.1, 0.15) is 0 Å². The molecule has 0 unspecified atom stereocenters. The normalized spacial score (nSPS) is 26.4. The standard InChI is InChI=1S/C16H18Cl2N2O3S2/c1-9(2)6-14(21)19-16-20(15-10(17)4-3-5-11(15)18)12-7-25(22,23)8-13(12)24-16/h3-5,9,12-13H,6-8H2,1-2H3/t12-,13-/m1/s1. The van der Waals surface area contributed by atoms with E-state index in [1.807, 2.05) is 13.8 Å². The van der Waals surface area contributed by atoms with E-state index in [0.717, 1.165) is 0 Å². The SMILES string of the molecule is CC(C)CC(=O)N=C1S[C@@H]2CS(=O)(=O)C[C@H]2N1c1c(Cl)cccc1Cl. The van der Waals surface area contributed by atoms with Gasteiger partial charge in [0.05, 0.1) is 33.3 Å². The minimum absolute atomic E-state index is 0.00358. The highest BCUT2D eigenvalue weighted by Crippen LogP contribution is 2.45. The molecule has 1 aromatic rings. The van der Waals surface area contributed by atoms with Gasteiger partial charge in [0.25, 0.3) is 0 Å². The van der Waals surface area contributed by atoms with E-state index in [9.17, 15) is 13.2 Å². The Morgan fingerprint density at radius 2 is 1.96 bits per heavy atom. The van der Waals surface area contributed by atoms with Crippen LogP contribution in [0.3, 0.4) is 0 Å². The highest BCUT2D eigenvalue weighted by atomic mass is 35.5. The predicted molar refractivity (Wildman–Crippen MR) is 105 cm³/mol. The Morgan fingerprint density at radius 3 is 2.56 bits per heavy atom. The molecule has 2 heterocycles. The lowest BCUT2D eigenvalue weighted by molar-refractivity contribution is -0.118. The summed E-state index contributed by atoms with van der Waals surface area (Å²) in [6, 6.07) is 4.79. The van der Waals surface area contributed by atoms with Gasteiger partial charge < -0.3 is 4.90 Å². The first-order valence-corrected chi connectivity index (χ1v) is 11.4. The van der Waals surface area contributed by atoms with Gasteiger partial charge in [-0.1, -0.05) is 54.9 Å². The molecule has 0 aliphatic carbocycles. The molecule has 1 aromatic carbocycles. The van der Waals surface area contributed by atoms with E-state index in [-0.39, 0.29) is 34.6 Å². The second kappa shape index (κ2) is 7.10. The second-order valence-corrected chi connectivity index (χ2v) is 10.8. The number of sulfone groups is 1. The van der Waals surface area contributed by atoms with Crippen molar-refractivity contribution in [2.45, 2.75) is 31.6 Å². The highest BCUT2D eigenvalue weighted by molar-refractivity contribution is 8.16. The number of rotatable bonds is 3.